The topological polar surface area (TPSA) is 115 Å². The van der Waals surface area contributed by atoms with E-state index in [2.05, 4.69) is 10.6 Å². The first kappa shape index (κ1) is 17.6. The number of nitrogens with zero attached hydrogens (tertiary/aromatic N) is 1. The van der Waals surface area contributed by atoms with E-state index < -0.39 is 23.2 Å². The van der Waals surface area contributed by atoms with E-state index in [-0.39, 0.29) is 22.6 Å². The standard InChI is InChI=1S/C17H17FN4O4/c1-26-6-2-5-20-11-4-3-9(18)7-12(11)22-13(23)8-10-14(15(22)19)17(25)21-16(10)24/h3-4,7-8,20H,2,5-6,19H2,1H3,(H,21,24,25). The first-order valence-electron chi connectivity index (χ1n) is 7.88. The highest BCUT2D eigenvalue weighted by molar-refractivity contribution is 6.23. The van der Waals surface area contributed by atoms with Crippen LogP contribution in [-0.2, 0) is 4.74 Å². The number of amides is 2. The first-order valence-corrected chi connectivity index (χ1v) is 7.88. The van der Waals surface area contributed by atoms with Gasteiger partial charge in [-0.25, -0.2) is 4.39 Å². The number of anilines is 2. The van der Waals surface area contributed by atoms with Crippen molar-refractivity contribution >= 4 is 23.3 Å². The summed E-state index contributed by atoms with van der Waals surface area (Å²) >= 11 is 0. The zero-order valence-electron chi connectivity index (χ0n) is 14.0. The molecule has 8 nitrogen and oxygen atoms in total. The van der Waals surface area contributed by atoms with E-state index in [1.54, 1.807) is 7.11 Å². The lowest BCUT2D eigenvalue weighted by molar-refractivity contribution is 0.0880. The van der Waals surface area contributed by atoms with Gasteiger partial charge in [-0.3, -0.25) is 24.3 Å². The Kier molecular flexibility index (Phi) is 4.72. The molecule has 2 amide bonds. The number of ether oxygens (including phenoxy) is 1. The van der Waals surface area contributed by atoms with Gasteiger partial charge in [-0.2, -0.15) is 0 Å². The number of nitrogen functional groups attached to an aromatic ring is 1. The Hall–Kier alpha value is -3.20. The van der Waals surface area contributed by atoms with Gasteiger partial charge in [0.2, 0.25) is 0 Å². The van der Waals surface area contributed by atoms with Crippen LogP contribution in [0.15, 0.2) is 29.1 Å². The van der Waals surface area contributed by atoms with Crippen LogP contribution in [0.5, 0.6) is 0 Å². The van der Waals surface area contributed by atoms with E-state index in [4.69, 9.17) is 10.5 Å². The number of carbonyl (C=O) groups excluding carboxylic acids is 2. The molecule has 0 saturated carbocycles. The zero-order chi connectivity index (χ0) is 18.8. The van der Waals surface area contributed by atoms with Gasteiger partial charge in [-0.15, -0.1) is 0 Å². The molecule has 136 valence electrons. The smallest absolute Gasteiger partial charge is 0.262 e. The lowest BCUT2D eigenvalue weighted by atomic mass is 10.1. The SMILES string of the molecule is COCCCNc1ccc(F)cc1-n1c(N)c2c(cc1=O)C(=O)NC2=O. The highest BCUT2D eigenvalue weighted by atomic mass is 19.1. The van der Waals surface area contributed by atoms with E-state index in [0.717, 1.165) is 16.7 Å². The molecule has 0 fully saturated rings. The van der Waals surface area contributed by atoms with Crippen molar-refractivity contribution in [3.05, 3.63) is 51.6 Å². The summed E-state index contributed by atoms with van der Waals surface area (Å²) in [4.78, 5) is 36.2. The highest BCUT2D eigenvalue weighted by Crippen LogP contribution is 2.27. The van der Waals surface area contributed by atoms with Crippen LogP contribution in [0.2, 0.25) is 0 Å². The number of nitrogens with one attached hydrogen (secondary N) is 2. The van der Waals surface area contributed by atoms with E-state index in [1.165, 1.54) is 12.1 Å². The molecule has 1 aliphatic heterocycles. The summed E-state index contributed by atoms with van der Waals surface area (Å²) < 4.78 is 19.8. The minimum Gasteiger partial charge on any atom is -0.385 e. The van der Waals surface area contributed by atoms with Gasteiger partial charge in [0, 0.05) is 32.4 Å². The van der Waals surface area contributed by atoms with Gasteiger partial charge in [0.05, 0.1) is 22.5 Å². The molecule has 4 N–H and O–H groups in total. The lowest BCUT2D eigenvalue weighted by Gasteiger charge is -2.17. The third kappa shape index (κ3) is 3.04. The number of benzene rings is 1. The van der Waals surface area contributed by atoms with Crippen molar-refractivity contribution < 1.29 is 18.7 Å². The maximum absolute atomic E-state index is 13.8. The van der Waals surface area contributed by atoms with Crippen molar-refractivity contribution in [2.75, 3.05) is 31.3 Å². The molecule has 0 saturated heterocycles. The molecule has 3 rings (SSSR count). The Balaban J connectivity index is 2.11. The van der Waals surface area contributed by atoms with E-state index in [9.17, 15) is 18.8 Å². The fraction of sp³-hybridized carbons (Fsp3) is 0.235. The highest BCUT2D eigenvalue weighted by Gasteiger charge is 2.32. The predicted molar refractivity (Wildman–Crippen MR) is 93.2 cm³/mol. The molecule has 2 aromatic rings. The van der Waals surface area contributed by atoms with Crippen LogP contribution < -0.4 is 21.9 Å². The van der Waals surface area contributed by atoms with Crippen molar-refractivity contribution in [2.24, 2.45) is 0 Å². The van der Waals surface area contributed by atoms with Crippen LogP contribution in [0.4, 0.5) is 15.9 Å². The van der Waals surface area contributed by atoms with Crippen LogP contribution in [0, 0.1) is 5.82 Å². The molecule has 0 spiro atoms. The maximum atomic E-state index is 13.8. The van der Waals surface area contributed by atoms with Gasteiger partial charge in [-0.1, -0.05) is 0 Å². The molecule has 1 aromatic carbocycles. The minimum absolute atomic E-state index is 0.0836. The quantitative estimate of drug-likeness (QED) is 0.521. The number of nitrogens with two attached hydrogens (primary N) is 1. The summed E-state index contributed by atoms with van der Waals surface area (Å²) in [5.74, 6) is -2.17. The molecule has 1 aromatic heterocycles. The number of methoxy groups -OCH3 is 1. The summed E-state index contributed by atoms with van der Waals surface area (Å²) in [7, 11) is 1.58. The average molecular weight is 360 g/mol. The summed E-state index contributed by atoms with van der Waals surface area (Å²) in [5.41, 5.74) is 5.79. The Labute approximate surface area is 147 Å². The van der Waals surface area contributed by atoms with Gasteiger partial charge in [0.1, 0.15) is 11.6 Å². The number of pyridine rings is 1. The van der Waals surface area contributed by atoms with Gasteiger partial charge in [-0.05, 0) is 18.6 Å². The molecule has 0 unspecified atom stereocenters. The summed E-state index contributed by atoms with van der Waals surface area (Å²) in [6.07, 6.45) is 0.693. The summed E-state index contributed by atoms with van der Waals surface area (Å²) in [6.45, 7) is 1.05. The summed E-state index contributed by atoms with van der Waals surface area (Å²) in [5, 5.41) is 5.18. The van der Waals surface area contributed by atoms with E-state index in [1.807, 2.05) is 0 Å². The molecule has 26 heavy (non-hydrogen) atoms. The molecular formula is C17H17FN4O4. The van der Waals surface area contributed by atoms with Crippen LogP contribution in [0.1, 0.15) is 27.1 Å². The number of imide groups is 1. The van der Waals surface area contributed by atoms with Crippen molar-refractivity contribution in [3.63, 3.8) is 0 Å². The van der Waals surface area contributed by atoms with Gasteiger partial charge < -0.3 is 15.8 Å². The first-order chi connectivity index (χ1) is 12.4. The fourth-order valence-corrected chi connectivity index (χ4v) is 2.81. The third-order valence-corrected chi connectivity index (χ3v) is 3.99. The number of carbonyl (C=O) groups is 2. The average Bonchev–Trinajstić information content (AvgIpc) is 2.87. The van der Waals surface area contributed by atoms with Crippen LogP contribution in [-0.4, -0.2) is 36.6 Å². The normalized spacial score (nSPS) is 12.8. The van der Waals surface area contributed by atoms with E-state index >= 15 is 0 Å². The van der Waals surface area contributed by atoms with Crippen molar-refractivity contribution in [2.45, 2.75) is 6.42 Å². The van der Waals surface area contributed by atoms with Crippen molar-refractivity contribution in [3.8, 4) is 5.69 Å². The lowest BCUT2D eigenvalue weighted by Crippen LogP contribution is -2.25. The second-order valence-electron chi connectivity index (χ2n) is 5.71. The van der Waals surface area contributed by atoms with Crippen LogP contribution in [0.25, 0.3) is 5.69 Å². The second-order valence-corrected chi connectivity index (χ2v) is 5.71. The van der Waals surface area contributed by atoms with Crippen molar-refractivity contribution in [1.29, 1.82) is 0 Å². The number of fused-ring (bicyclic) bond motifs is 1. The van der Waals surface area contributed by atoms with Crippen LogP contribution >= 0.6 is 0 Å². The molecule has 2 heterocycles. The maximum Gasteiger partial charge on any atom is 0.262 e. The second kappa shape index (κ2) is 6.96. The minimum atomic E-state index is -0.692. The number of hydrogen-bond acceptors (Lipinski definition) is 6. The van der Waals surface area contributed by atoms with Gasteiger partial charge in [0.15, 0.2) is 0 Å². The molecular weight excluding hydrogens is 343 g/mol. The fourth-order valence-electron chi connectivity index (χ4n) is 2.81. The molecule has 0 aliphatic carbocycles. The number of aromatic nitrogens is 1. The van der Waals surface area contributed by atoms with Crippen LogP contribution in [0.3, 0.4) is 0 Å². The number of halogens is 1. The predicted octanol–water partition coefficient (Wildman–Crippen LogP) is 0.891. The number of rotatable bonds is 6. The zero-order valence-corrected chi connectivity index (χ0v) is 14.0. The molecule has 0 bridgehead atoms. The third-order valence-electron chi connectivity index (χ3n) is 3.99. The Bertz CT molecular complexity index is 955. The van der Waals surface area contributed by atoms with E-state index in [0.29, 0.717) is 25.3 Å². The molecule has 1 aliphatic rings. The molecule has 0 radical (unpaired) electrons. The van der Waals surface area contributed by atoms with Gasteiger partial charge in [0.25, 0.3) is 17.4 Å². The van der Waals surface area contributed by atoms with Crippen molar-refractivity contribution in [1.82, 2.24) is 9.88 Å². The summed E-state index contributed by atoms with van der Waals surface area (Å²) in [6, 6.07) is 4.87. The van der Waals surface area contributed by atoms with Gasteiger partial charge >= 0.3 is 0 Å². The monoisotopic (exact) mass is 360 g/mol. The Morgan fingerprint density at radius 1 is 1.23 bits per heavy atom. The molecule has 0 atom stereocenters. The Morgan fingerprint density at radius 2 is 2.00 bits per heavy atom. The Morgan fingerprint density at radius 3 is 2.73 bits per heavy atom. The largest absolute Gasteiger partial charge is 0.385 e. The molecule has 9 heteroatoms. The number of hydrogen-bond donors (Lipinski definition) is 3.